The number of carbonyl (C=O) groups is 1. The van der Waals surface area contributed by atoms with Gasteiger partial charge < -0.3 is 15.4 Å². The summed E-state index contributed by atoms with van der Waals surface area (Å²) in [6.45, 7) is 5.20. The highest BCUT2D eigenvalue weighted by molar-refractivity contribution is 5.77. The van der Waals surface area contributed by atoms with E-state index in [1.165, 1.54) is 25.7 Å². The number of methoxy groups -OCH3 is 1. The lowest BCUT2D eigenvalue weighted by Gasteiger charge is -2.25. The Bertz CT molecular complexity index is 289. The molecule has 0 aromatic heterocycles. The van der Waals surface area contributed by atoms with Gasteiger partial charge in [0.05, 0.1) is 6.54 Å². The average Bonchev–Trinajstić information content (AvgIpc) is 3.08. The minimum Gasteiger partial charge on any atom is -0.385 e. The number of rotatable bonds is 10. The number of nitrogens with zero attached hydrogens (tertiary/aromatic N) is 1. The minimum absolute atomic E-state index is 0.153. The molecule has 0 aromatic rings. The molecule has 116 valence electrons. The Balaban J connectivity index is 1.66. The van der Waals surface area contributed by atoms with Crippen molar-refractivity contribution in [3.05, 3.63) is 0 Å². The molecule has 1 aliphatic carbocycles. The van der Waals surface area contributed by atoms with Crippen LogP contribution in [-0.2, 0) is 9.53 Å². The summed E-state index contributed by atoms with van der Waals surface area (Å²) in [4.78, 5) is 14.3. The molecule has 2 N–H and O–H groups in total. The van der Waals surface area contributed by atoms with Crippen LogP contribution in [0.5, 0.6) is 0 Å². The molecule has 0 aromatic carbocycles. The highest BCUT2D eigenvalue weighted by atomic mass is 16.5. The van der Waals surface area contributed by atoms with Gasteiger partial charge in [-0.1, -0.05) is 0 Å². The largest absolute Gasteiger partial charge is 0.385 e. The number of ether oxygens (including phenoxy) is 1. The van der Waals surface area contributed by atoms with Crippen molar-refractivity contribution in [2.45, 2.75) is 38.1 Å². The first kappa shape index (κ1) is 15.7. The van der Waals surface area contributed by atoms with E-state index in [1.54, 1.807) is 7.11 Å². The Morgan fingerprint density at radius 1 is 1.35 bits per heavy atom. The van der Waals surface area contributed by atoms with Gasteiger partial charge in [0.2, 0.25) is 5.91 Å². The van der Waals surface area contributed by atoms with Crippen LogP contribution in [0.2, 0.25) is 0 Å². The third kappa shape index (κ3) is 6.20. The van der Waals surface area contributed by atoms with Crippen molar-refractivity contribution in [2.24, 2.45) is 5.92 Å². The molecule has 2 fully saturated rings. The molecule has 1 unspecified atom stereocenters. The zero-order chi connectivity index (χ0) is 14.2. The second-order valence-corrected chi connectivity index (χ2v) is 6.13. The normalized spacial score (nSPS) is 22.4. The van der Waals surface area contributed by atoms with Crippen LogP contribution in [-0.4, -0.2) is 63.3 Å². The van der Waals surface area contributed by atoms with Gasteiger partial charge in [0, 0.05) is 39.4 Å². The summed E-state index contributed by atoms with van der Waals surface area (Å²) < 4.78 is 4.98. The van der Waals surface area contributed by atoms with Crippen molar-refractivity contribution in [1.82, 2.24) is 15.5 Å². The number of carbonyl (C=O) groups excluding carboxylic acids is 1. The van der Waals surface area contributed by atoms with E-state index < -0.39 is 0 Å². The Kier molecular flexibility index (Phi) is 6.76. The zero-order valence-corrected chi connectivity index (χ0v) is 12.7. The van der Waals surface area contributed by atoms with Gasteiger partial charge in [0.25, 0.3) is 0 Å². The second-order valence-electron chi connectivity index (χ2n) is 6.13. The van der Waals surface area contributed by atoms with Crippen LogP contribution >= 0.6 is 0 Å². The summed E-state index contributed by atoms with van der Waals surface area (Å²) in [5.74, 6) is 0.984. The molecule has 20 heavy (non-hydrogen) atoms. The zero-order valence-electron chi connectivity index (χ0n) is 12.7. The average molecular weight is 283 g/mol. The van der Waals surface area contributed by atoms with Crippen LogP contribution in [0.4, 0.5) is 0 Å². The van der Waals surface area contributed by atoms with Gasteiger partial charge in [0.1, 0.15) is 0 Å². The maximum atomic E-state index is 12.0. The quantitative estimate of drug-likeness (QED) is 0.577. The Morgan fingerprint density at radius 2 is 2.20 bits per heavy atom. The van der Waals surface area contributed by atoms with E-state index in [2.05, 4.69) is 15.5 Å². The van der Waals surface area contributed by atoms with Crippen LogP contribution in [0.1, 0.15) is 32.1 Å². The van der Waals surface area contributed by atoms with Gasteiger partial charge in [0.15, 0.2) is 0 Å². The molecule has 5 heteroatoms. The van der Waals surface area contributed by atoms with Crippen molar-refractivity contribution < 1.29 is 9.53 Å². The van der Waals surface area contributed by atoms with Crippen LogP contribution in [0.3, 0.4) is 0 Å². The summed E-state index contributed by atoms with van der Waals surface area (Å²) in [5.41, 5.74) is 0. The van der Waals surface area contributed by atoms with E-state index in [0.29, 0.717) is 25.7 Å². The lowest BCUT2D eigenvalue weighted by molar-refractivity contribution is -0.122. The fourth-order valence-corrected chi connectivity index (χ4v) is 2.80. The van der Waals surface area contributed by atoms with E-state index in [0.717, 1.165) is 32.0 Å². The lowest BCUT2D eigenvalue weighted by atomic mass is 10.2. The number of nitrogens with one attached hydrogen (secondary N) is 2. The molecular weight excluding hydrogens is 254 g/mol. The summed E-state index contributed by atoms with van der Waals surface area (Å²) in [7, 11) is 1.69. The monoisotopic (exact) mass is 283 g/mol. The molecule has 1 aliphatic heterocycles. The topological polar surface area (TPSA) is 53.6 Å². The maximum Gasteiger partial charge on any atom is 0.234 e. The number of amides is 1. The van der Waals surface area contributed by atoms with Crippen molar-refractivity contribution >= 4 is 5.91 Å². The molecule has 2 aliphatic rings. The van der Waals surface area contributed by atoms with Gasteiger partial charge in [-0.15, -0.1) is 0 Å². The standard InChI is InChI=1S/C15H29N3O2/c1-20-9-3-8-17-15(19)12-18(10-13-5-6-13)11-14-4-2-7-16-14/h13-14,16H,2-12H2,1H3,(H,17,19). The van der Waals surface area contributed by atoms with Crippen LogP contribution in [0.25, 0.3) is 0 Å². The van der Waals surface area contributed by atoms with E-state index in [-0.39, 0.29) is 5.91 Å². The third-order valence-corrected chi connectivity index (χ3v) is 4.07. The summed E-state index contributed by atoms with van der Waals surface area (Å²) in [6.07, 6.45) is 6.07. The summed E-state index contributed by atoms with van der Waals surface area (Å²) in [6, 6.07) is 0.579. The van der Waals surface area contributed by atoms with Crippen LogP contribution < -0.4 is 10.6 Å². The van der Waals surface area contributed by atoms with E-state index >= 15 is 0 Å². The molecule has 0 bridgehead atoms. The Morgan fingerprint density at radius 3 is 2.85 bits per heavy atom. The van der Waals surface area contributed by atoms with E-state index in [1.807, 2.05) is 0 Å². The summed E-state index contributed by atoms with van der Waals surface area (Å²) in [5, 5.41) is 6.51. The lowest BCUT2D eigenvalue weighted by Crippen LogP contribution is -2.44. The van der Waals surface area contributed by atoms with Gasteiger partial charge in [-0.3, -0.25) is 9.69 Å². The van der Waals surface area contributed by atoms with Gasteiger partial charge >= 0.3 is 0 Å². The minimum atomic E-state index is 0.153. The highest BCUT2D eigenvalue weighted by Crippen LogP contribution is 2.29. The maximum absolute atomic E-state index is 12.0. The number of hydrogen-bond donors (Lipinski definition) is 2. The molecule has 1 saturated heterocycles. The molecule has 1 atom stereocenters. The smallest absolute Gasteiger partial charge is 0.234 e. The van der Waals surface area contributed by atoms with Gasteiger partial charge in [-0.25, -0.2) is 0 Å². The van der Waals surface area contributed by atoms with Crippen molar-refractivity contribution in [2.75, 3.05) is 46.4 Å². The molecule has 0 radical (unpaired) electrons. The van der Waals surface area contributed by atoms with Gasteiger partial charge in [-0.05, 0) is 44.6 Å². The van der Waals surface area contributed by atoms with E-state index in [4.69, 9.17) is 4.74 Å². The first-order chi connectivity index (χ1) is 9.78. The Labute approximate surface area is 122 Å². The molecule has 0 spiro atoms. The van der Waals surface area contributed by atoms with Crippen LogP contribution in [0, 0.1) is 5.92 Å². The predicted octanol–water partition coefficient (Wildman–Crippen LogP) is 0.603. The predicted molar refractivity (Wildman–Crippen MR) is 79.7 cm³/mol. The highest BCUT2D eigenvalue weighted by Gasteiger charge is 2.27. The van der Waals surface area contributed by atoms with Gasteiger partial charge in [-0.2, -0.15) is 0 Å². The molecule has 1 saturated carbocycles. The SMILES string of the molecule is COCCCNC(=O)CN(CC1CC1)CC1CCCN1. The Hall–Kier alpha value is -0.650. The third-order valence-electron chi connectivity index (χ3n) is 4.07. The summed E-state index contributed by atoms with van der Waals surface area (Å²) >= 11 is 0. The fourth-order valence-electron chi connectivity index (χ4n) is 2.80. The molecular formula is C15H29N3O2. The second kappa shape index (κ2) is 8.60. The first-order valence-corrected chi connectivity index (χ1v) is 7.99. The van der Waals surface area contributed by atoms with Crippen molar-refractivity contribution in [3.8, 4) is 0 Å². The first-order valence-electron chi connectivity index (χ1n) is 7.99. The van der Waals surface area contributed by atoms with E-state index in [9.17, 15) is 4.79 Å². The van der Waals surface area contributed by atoms with Crippen molar-refractivity contribution in [1.29, 1.82) is 0 Å². The molecule has 1 heterocycles. The molecule has 2 rings (SSSR count). The fraction of sp³-hybridized carbons (Fsp3) is 0.933. The van der Waals surface area contributed by atoms with Crippen molar-refractivity contribution in [3.63, 3.8) is 0 Å². The van der Waals surface area contributed by atoms with Crippen LogP contribution in [0.15, 0.2) is 0 Å². The molecule has 1 amide bonds. The molecule has 5 nitrogen and oxygen atoms in total. The number of hydrogen-bond acceptors (Lipinski definition) is 4.